The maximum absolute atomic E-state index is 13.4. The lowest BCUT2D eigenvalue weighted by Gasteiger charge is -2.15. The SMILES string of the molecule is C=C(N=C/C(C)=C/n1c(C)cc(OCc2cc(C)c(F)cn2)c(Cl)c1=O)c1ccnc(C(C)(C)O)n1. The van der Waals surface area contributed by atoms with Crippen LogP contribution in [0.3, 0.4) is 0 Å². The van der Waals surface area contributed by atoms with Crippen LogP contribution in [0.25, 0.3) is 11.9 Å². The minimum Gasteiger partial charge on any atom is -0.485 e. The average Bonchev–Trinajstić information content (AvgIpc) is 2.83. The first-order valence-electron chi connectivity index (χ1n) is 11.0. The summed E-state index contributed by atoms with van der Waals surface area (Å²) in [5.74, 6) is 0.0622. The van der Waals surface area contributed by atoms with Crippen molar-refractivity contribution in [1.82, 2.24) is 19.5 Å². The molecule has 0 saturated carbocycles. The summed E-state index contributed by atoms with van der Waals surface area (Å²) >= 11 is 6.29. The number of pyridine rings is 2. The van der Waals surface area contributed by atoms with Crippen LogP contribution in [0.15, 0.2) is 52.5 Å². The van der Waals surface area contributed by atoms with Crippen molar-refractivity contribution in [2.75, 3.05) is 0 Å². The summed E-state index contributed by atoms with van der Waals surface area (Å²) in [4.78, 5) is 29.6. The molecule has 3 aromatic heterocycles. The van der Waals surface area contributed by atoms with Crippen molar-refractivity contribution in [3.8, 4) is 5.75 Å². The van der Waals surface area contributed by atoms with E-state index >= 15 is 0 Å². The first kappa shape index (κ1) is 26.9. The number of aryl methyl sites for hydroxylation is 2. The zero-order chi connectivity index (χ0) is 26.6. The first-order chi connectivity index (χ1) is 16.9. The second-order valence-electron chi connectivity index (χ2n) is 8.76. The fraction of sp³-hybridized carbons (Fsp3) is 0.269. The lowest BCUT2D eigenvalue weighted by molar-refractivity contribution is 0.0686. The Morgan fingerprint density at radius 2 is 2.06 bits per heavy atom. The predicted molar refractivity (Wildman–Crippen MR) is 138 cm³/mol. The van der Waals surface area contributed by atoms with E-state index in [2.05, 4.69) is 26.5 Å². The minimum absolute atomic E-state index is 0.0333. The van der Waals surface area contributed by atoms with Crippen LogP contribution in [-0.4, -0.2) is 30.8 Å². The molecule has 10 heteroatoms. The van der Waals surface area contributed by atoms with Gasteiger partial charge in [0.25, 0.3) is 5.56 Å². The van der Waals surface area contributed by atoms with Crippen molar-refractivity contribution in [2.45, 2.75) is 46.8 Å². The number of rotatable bonds is 8. The van der Waals surface area contributed by atoms with Gasteiger partial charge in [-0.15, -0.1) is 0 Å². The van der Waals surface area contributed by atoms with Crippen LogP contribution in [0, 0.1) is 19.7 Å². The lowest BCUT2D eigenvalue weighted by atomic mass is 10.1. The van der Waals surface area contributed by atoms with Gasteiger partial charge in [-0.05, 0) is 57.9 Å². The third kappa shape index (κ3) is 6.50. The maximum atomic E-state index is 13.4. The molecule has 3 aromatic rings. The normalized spacial score (nSPS) is 12.3. The molecule has 0 aliphatic rings. The number of aromatic nitrogens is 4. The van der Waals surface area contributed by atoms with E-state index in [1.807, 2.05) is 0 Å². The van der Waals surface area contributed by atoms with E-state index < -0.39 is 17.0 Å². The molecule has 0 unspecified atom stereocenters. The van der Waals surface area contributed by atoms with Crippen molar-refractivity contribution in [1.29, 1.82) is 0 Å². The Kier molecular flexibility index (Phi) is 8.17. The van der Waals surface area contributed by atoms with Crippen LogP contribution in [0.1, 0.15) is 49.2 Å². The second kappa shape index (κ2) is 10.9. The van der Waals surface area contributed by atoms with E-state index in [-0.39, 0.29) is 23.2 Å². The summed E-state index contributed by atoms with van der Waals surface area (Å²) in [5.41, 5.74) is 1.36. The Balaban J connectivity index is 1.78. The van der Waals surface area contributed by atoms with Gasteiger partial charge < -0.3 is 9.84 Å². The standard InChI is InChI=1S/C26H27ClFN5O3/c1-15(11-30-18(4)21-7-8-29-25(32-21)26(5,6)35)13-33-17(3)10-22(23(27)24(33)34)36-14-19-9-16(2)20(28)12-31-19/h7-13,35H,4,14H2,1-3,5-6H3/b15-13+,30-11?. The van der Waals surface area contributed by atoms with Gasteiger partial charge in [-0.3, -0.25) is 19.3 Å². The average molecular weight is 512 g/mol. The van der Waals surface area contributed by atoms with Crippen molar-refractivity contribution in [3.63, 3.8) is 0 Å². The number of hydrogen-bond donors (Lipinski definition) is 1. The fourth-order valence-corrected chi connectivity index (χ4v) is 3.28. The highest BCUT2D eigenvalue weighted by molar-refractivity contribution is 6.31. The van der Waals surface area contributed by atoms with E-state index in [1.165, 1.54) is 10.8 Å². The summed E-state index contributed by atoms with van der Waals surface area (Å²) in [6, 6.07) is 4.85. The second-order valence-corrected chi connectivity index (χ2v) is 9.13. The van der Waals surface area contributed by atoms with Crippen molar-refractivity contribution < 1.29 is 14.2 Å². The van der Waals surface area contributed by atoms with Gasteiger partial charge in [0, 0.05) is 30.4 Å². The molecule has 0 aliphatic carbocycles. The maximum Gasteiger partial charge on any atom is 0.277 e. The predicted octanol–water partition coefficient (Wildman–Crippen LogP) is 4.85. The molecule has 0 saturated heterocycles. The summed E-state index contributed by atoms with van der Waals surface area (Å²) in [5, 5.41) is 10.0. The third-order valence-corrected chi connectivity index (χ3v) is 5.43. The monoisotopic (exact) mass is 511 g/mol. The molecule has 0 fully saturated rings. The van der Waals surface area contributed by atoms with E-state index in [4.69, 9.17) is 16.3 Å². The summed E-state index contributed by atoms with van der Waals surface area (Å²) < 4.78 is 20.5. The zero-order valence-corrected chi connectivity index (χ0v) is 21.5. The highest BCUT2D eigenvalue weighted by Crippen LogP contribution is 2.23. The molecule has 188 valence electrons. The van der Waals surface area contributed by atoms with Gasteiger partial charge in [0.1, 0.15) is 28.8 Å². The minimum atomic E-state index is -1.20. The van der Waals surface area contributed by atoms with Crippen molar-refractivity contribution in [3.05, 3.63) is 92.4 Å². The Morgan fingerprint density at radius 3 is 2.72 bits per heavy atom. The zero-order valence-electron chi connectivity index (χ0n) is 20.7. The molecule has 1 N–H and O–H groups in total. The quantitative estimate of drug-likeness (QED) is 0.434. The topological polar surface area (TPSA) is 102 Å². The van der Waals surface area contributed by atoms with Crippen molar-refractivity contribution in [2.24, 2.45) is 4.99 Å². The van der Waals surface area contributed by atoms with Crippen LogP contribution >= 0.6 is 11.6 Å². The van der Waals surface area contributed by atoms with Crippen LogP contribution < -0.4 is 10.3 Å². The molecule has 36 heavy (non-hydrogen) atoms. The highest BCUT2D eigenvalue weighted by atomic mass is 35.5. The van der Waals surface area contributed by atoms with Crippen LogP contribution in [0.2, 0.25) is 5.02 Å². The Bertz CT molecular complexity index is 1420. The summed E-state index contributed by atoms with van der Waals surface area (Å²) in [6.07, 6.45) is 5.79. The largest absolute Gasteiger partial charge is 0.485 e. The van der Waals surface area contributed by atoms with Crippen LogP contribution in [0.4, 0.5) is 4.39 Å². The summed E-state index contributed by atoms with van der Waals surface area (Å²) in [6.45, 7) is 12.3. The molecular weight excluding hydrogens is 485 g/mol. The molecule has 0 aliphatic heterocycles. The number of ether oxygens (including phenoxy) is 1. The Morgan fingerprint density at radius 1 is 1.33 bits per heavy atom. The fourth-order valence-electron chi connectivity index (χ4n) is 3.08. The molecule has 0 spiro atoms. The van der Waals surface area contributed by atoms with Gasteiger partial charge >= 0.3 is 0 Å². The summed E-state index contributed by atoms with van der Waals surface area (Å²) in [7, 11) is 0. The van der Waals surface area contributed by atoms with Gasteiger partial charge in [-0.1, -0.05) is 18.2 Å². The lowest BCUT2D eigenvalue weighted by Crippen LogP contribution is -2.20. The Hall–Kier alpha value is -3.69. The molecule has 0 radical (unpaired) electrons. The molecular formula is C26H27ClFN5O3. The Labute approximate surface area is 213 Å². The van der Waals surface area contributed by atoms with Gasteiger partial charge in [0.05, 0.1) is 23.3 Å². The van der Waals surface area contributed by atoms with E-state index in [9.17, 15) is 14.3 Å². The first-order valence-corrected chi connectivity index (χ1v) is 11.4. The molecule has 8 nitrogen and oxygen atoms in total. The van der Waals surface area contributed by atoms with Gasteiger partial charge in [0.2, 0.25) is 0 Å². The number of hydrogen-bond acceptors (Lipinski definition) is 7. The van der Waals surface area contributed by atoms with Gasteiger partial charge in [-0.25, -0.2) is 14.4 Å². The number of allylic oxidation sites excluding steroid dienone is 1. The van der Waals surface area contributed by atoms with E-state index in [0.717, 1.165) is 6.20 Å². The molecule has 3 rings (SSSR count). The third-order valence-electron chi connectivity index (χ3n) is 5.08. The highest BCUT2D eigenvalue weighted by Gasteiger charge is 2.20. The number of aliphatic hydroxyl groups is 1. The molecule has 0 atom stereocenters. The van der Waals surface area contributed by atoms with Crippen LogP contribution in [-0.2, 0) is 12.2 Å². The van der Waals surface area contributed by atoms with Gasteiger partial charge in [-0.2, -0.15) is 0 Å². The van der Waals surface area contributed by atoms with Gasteiger partial charge in [0.15, 0.2) is 5.82 Å². The molecule has 0 aromatic carbocycles. The molecule has 3 heterocycles. The van der Waals surface area contributed by atoms with E-state index in [1.54, 1.807) is 65.2 Å². The van der Waals surface area contributed by atoms with E-state index in [0.29, 0.717) is 33.9 Å². The van der Waals surface area contributed by atoms with Crippen molar-refractivity contribution >= 4 is 29.7 Å². The molecule has 0 amide bonds. The number of halogens is 2. The number of nitrogens with zero attached hydrogens (tertiary/aromatic N) is 5. The van der Waals surface area contributed by atoms with Crippen LogP contribution in [0.5, 0.6) is 5.75 Å². The molecule has 0 bridgehead atoms. The smallest absolute Gasteiger partial charge is 0.277 e. The number of aliphatic imine (C=N–C) groups is 1.